The second kappa shape index (κ2) is 15.3. The van der Waals surface area contributed by atoms with Crippen LogP contribution in [0.3, 0.4) is 0 Å². The first kappa shape index (κ1) is 24.7. The molecule has 0 amide bonds. The van der Waals surface area contributed by atoms with Gasteiger partial charge in [0.15, 0.2) is 4.87 Å². The van der Waals surface area contributed by atoms with Crippen molar-refractivity contribution < 1.29 is 14.3 Å². The van der Waals surface area contributed by atoms with E-state index >= 15 is 0 Å². The van der Waals surface area contributed by atoms with E-state index < -0.39 is 0 Å². The van der Waals surface area contributed by atoms with Gasteiger partial charge in [0, 0.05) is 12.1 Å². The number of benzene rings is 2. The second-order valence-electron chi connectivity index (χ2n) is 7.95. The van der Waals surface area contributed by atoms with Crippen molar-refractivity contribution in [3.05, 3.63) is 53.4 Å². The molecule has 0 aliphatic rings. The van der Waals surface area contributed by atoms with Crippen molar-refractivity contribution in [1.82, 2.24) is 0 Å². The van der Waals surface area contributed by atoms with Gasteiger partial charge in [-0.05, 0) is 49.2 Å². The SMILES string of the molecule is CCCCCCCOc1ccc(N[N+](=O)c2ccc(OCCCCCCC)cc2)cc1. The molecule has 0 unspecified atom stereocenters. The predicted octanol–water partition coefficient (Wildman–Crippen LogP) is 7.82. The molecular formula is C26H39N2O3+. The molecule has 1 N–H and O–H groups in total. The van der Waals surface area contributed by atoms with Crippen LogP contribution in [-0.4, -0.2) is 18.1 Å². The van der Waals surface area contributed by atoms with Crippen molar-refractivity contribution in [2.45, 2.75) is 78.1 Å². The zero-order chi connectivity index (χ0) is 22.2. The normalized spacial score (nSPS) is 10.6. The number of anilines is 1. The Hall–Kier alpha value is -2.56. The van der Waals surface area contributed by atoms with Crippen LogP contribution in [-0.2, 0) is 0 Å². The largest absolute Gasteiger partial charge is 0.494 e. The van der Waals surface area contributed by atoms with Crippen LogP contribution >= 0.6 is 0 Å². The summed E-state index contributed by atoms with van der Waals surface area (Å²) in [6.07, 6.45) is 12.2. The molecule has 0 aliphatic carbocycles. The van der Waals surface area contributed by atoms with Gasteiger partial charge in [-0.2, -0.15) is 0 Å². The third kappa shape index (κ3) is 10.3. The van der Waals surface area contributed by atoms with Crippen molar-refractivity contribution >= 4 is 11.4 Å². The first-order valence-corrected chi connectivity index (χ1v) is 11.9. The van der Waals surface area contributed by atoms with Crippen molar-refractivity contribution in [2.24, 2.45) is 0 Å². The Morgan fingerprint density at radius 2 is 1.10 bits per heavy atom. The topological polar surface area (TPSA) is 50.6 Å². The van der Waals surface area contributed by atoms with E-state index in [1.807, 2.05) is 36.4 Å². The fourth-order valence-electron chi connectivity index (χ4n) is 3.28. The number of unbranched alkanes of at least 4 members (excludes halogenated alkanes) is 8. The fraction of sp³-hybridized carbons (Fsp3) is 0.538. The molecule has 0 saturated carbocycles. The highest BCUT2D eigenvalue weighted by Crippen LogP contribution is 2.21. The number of nitroso groups, excluding NO2 is 1. The first-order chi connectivity index (χ1) is 15.2. The van der Waals surface area contributed by atoms with Crippen molar-refractivity contribution in [3.63, 3.8) is 0 Å². The van der Waals surface area contributed by atoms with Crippen LogP contribution in [0.4, 0.5) is 11.4 Å². The molecule has 31 heavy (non-hydrogen) atoms. The van der Waals surface area contributed by atoms with Crippen LogP contribution in [0.15, 0.2) is 48.5 Å². The van der Waals surface area contributed by atoms with Crippen LogP contribution < -0.4 is 14.9 Å². The molecule has 170 valence electrons. The summed E-state index contributed by atoms with van der Waals surface area (Å²) in [6.45, 7) is 5.88. The van der Waals surface area contributed by atoms with Crippen LogP contribution in [0.2, 0.25) is 0 Å². The fourth-order valence-corrected chi connectivity index (χ4v) is 3.28. The Balaban J connectivity index is 1.69. The number of rotatable bonds is 17. The summed E-state index contributed by atoms with van der Waals surface area (Å²) in [5, 5.41) is 0. The lowest BCUT2D eigenvalue weighted by atomic mass is 10.2. The van der Waals surface area contributed by atoms with Crippen molar-refractivity contribution in [2.75, 3.05) is 18.6 Å². The quantitative estimate of drug-likeness (QED) is 0.159. The Bertz CT molecular complexity index is 729. The van der Waals surface area contributed by atoms with Crippen molar-refractivity contribution in [1.29, 1.82) is 0 Å². The number of hydrogen-bond donors (Lipinski definition) is 1. The summed E-state index contributed by atoms with van der Waals surface area (Å²) in [6, 6.07) is 14.7. The highest BCUT2D eigenvalue weighted by atomic mass is 16.5. The van der Waals surface area contributed by atoms with E-state index in [-0.39, 0.29) is 0 Å². The van der Waals surface area contributed by atoms with E-state index in [1.165, 1.54) is 51.4 Å². The third-order valence-electron chi connectivity index (χ3n) is 5.19. The predicted molar refractivity (Wildman–Crippen MR) is 128 cm³/mol. The minimum absolute atomic E-state index is 0.530. The van der Waals surface area contributed by atoms with Crippen molar-refractivity contribution in [3.8, 4) is 11.5 Å². The lowest BCUT2D eigenvalue weighted by molar-refractivity contribution is -0.427. The van der Waals surface area contributed by atoms with E-state index in [1.54, 1.807) is 12.1 Å². The number of hydrogen-bond acceptors (Lipinski definition) is 3. The lowest BCUT2D eigenvalue weighted by Gasteiger charge is -2.07. The molecule has 0 fully saturated rings. The Labute approximate surface area is 187 Å². The van der Waals surface area contributed by atoms with Gasteiger partial charge in [0.05, 0.1) is 18.1 Å². The first-order valence-electron chi connectivity index (χ1n) is 11.9. The Morgan fingerprint density at radius 3 is 1.58 bits per heavy atom. The Kier molecular flexibility index (Phi) is 12.2. The number of nitrogens with one attached hydrogen (secondary N) is 1. The maximum atomic E-state index is 12.4. The summed E-state index contributed by atoms with van der Waals surface area (Å²) in [5.41, 5.74) is 4.10. The van der Waals surface area contributed by atoms with Gasteiger partial charge in [0.1, 0.15) is 17.2 Å². The van der Waals surface area contributed by atoms with Gasteiger partial charge in [0.2, 0.25) is 0 Å². The van der Waals surface area contributed by atoms with E-state index in [0.717, 1.165) is 48.1 Å². The van der Waals surface area contributed by atoms with Crippen LogP contribution in [0.1, 0.15) is 78.1 Å². The van der Waals surface area contributed by atoms with Crippen LogP contribution in [0, 0.1) is 4.91 Å². The number of nitrogens with zero attached hydrogens (tertiary/aromatic N) is 1. The highest BCUT2D eigenvalue weighted by Gasteiger charge is 2.14. The smallest absolute Gasteiger partial charge is 0.292 e. The van der Waals surface area contributed by atoms with Gasteiger partial charge in [0.25, 0.3) is 5.69 Å². The summed E-state index contributed by atoms with van der Waals surface area (Å²) >= 11 is 0. The zero-order valence-electron chi connectivity index (χ0n) is 19.3. The summed E-state index contributed by atoms with van der Waals surface area (Å²) in [7, 11) is 0. The van der Waals surface area contributed by atoms with Gasteiger partial charge in [-0.3, -0.25) is 0 Å². The van der Waals surface area contributed by atoms with Crippen LogP contribution in [0.5, 0.6) is 11.5 Å². The zero-order valence-corrected chi connectivity index (χ0v) is 19.3. The maximum absolute atomic E-state index is 12.4. The second-order valence-corrected chi connectivity index (χ2v) is 7.95. The molecule has 2 rings (SSSR count). The average molecular weight is 428 g/mol. The molecule has 0 saturated heterocycles. The van der Waals surface area contributed by atoms with E-state index in [4.69, 9.17) is 9.47 Å². The molecule has 0 spiro atoms. The summed E-state index contributed by atoms with van der Waals surface area (Å²) in [4.78, 5) is 13.2. The van der Waals surface area contributed by atoms with Gasteiger partial charge in [-0.1, -0.05) is 65.2 Å². The molecule has 5 nitrogen and oxygen atoms in total. The summed E-state index contributed by atoms with van der Waals surface area (Å²) < 4.78 is 11.5. The molecule has 5 heteroatoms. The molecule has 0 aliphatic heterocycles. The number of ether oxygens (including phenoxy) is 2. The van der Waals surface area contributed by atoms with E-state index in [0.29, 0.717) is 5.69 Å². The lowest BCUT2D eigenvalue weighted by Crippen LogP contribution is -2.10. The van der Waals surface area contributed by atoms with E-state index in [9.17, 15) is 4.91 Å². The third-order valence-corrected chi connectivity index (χ3v) is 5.19. The molecule has 2 aromatic carbocycles. The standard InChI is InChI=1S/C26H39N2O3/c1-3-5-7-9-11-21-30-25-17-13-23(14-18-25)27-28(29)24-15-19-26(20-16-24)31-22-12-10-8-6-4-2/h13-20H,3-12,21-22H2,1-2H3,(H,27,29)/q+1. The molecule has 0 atom stereocenters. The molecule has 0 radical (unpaired) electrons. The number of hydrazine groups is 1. The molecule has 2 aromatic rings. The van der Waals surface area contributed by atoms with Gasteiger partial charge in [-0.25, -0.2) is 0 Å². The minimum atomic E-state index is 0.530. The Morgan fingerprint density at radius 1 is 0.645 bits per heavy atom. The molecular weight excluding hydrogens is 388 g/mol. The summed E-state index contributed by atoms with van der Waals surface area (Å²) in [5.74, 6) is 1.62. The molecule has 0 aromatic heterocycles. The van der Waals surface area contributed by atoms with Gasteiger partial charge >= 0.3 is 0 Å². The minimum Gasteiger partial charge on any atom is -0.494 e. The molecule has 0 heterocycles. The highest BCUT2D eigenvalue weighted by molar-refractivity contribution is 5.45. The monoisotopic (exact) mass is 427 g/mol. The van der Waals surface area contributed by atoms with Gasteiger partial charge < -0.3 is 9.47 Å². The van der Waals surface area contributed by atoms with Crippen LogP contribution in [0.25, 0.3) is 0 Å². The van der Waals surface area contributed by atoms with E-state index in [2.05, 4.69) is 19.3 Å². The van der Waals surface area contributed by atoms with Gasteiger partial charge in [-0.15, -0.1) is 5.43 Å². The maximum Gasteiger partial charge on any atom is 0.292 e. The average Bonchev–Trinajstić information content (AvgIpc) is 2.80. The molecule has 0 bridgehead atoms.